The van der Waals surface area contributed by atoms with Gasteiger partial charge in [-0.15, -0.1) is 10.2 Å². The Labute approximate surface area is 146 Å². The Hall–Kier alpha value is -3.14. The number of carbonyl (C=O) groups is 2. The number of amides is 1. The van der Waals surface area contributed by atoms with Crippen molar-refractivity contribution >= 4 is 28.3 Å². The summed E-state index contributed by atoms with van der Waals surface area (Å²) in [5.74, 6) is -0.422. The molecular formula is C15H14N6O3S. The maximum Gasteiger partial charge on any atom is 0.350 e. The minimum atomic E-state index is -0.485. The third-order valence-electron chi connectivity index (χ3n) is 3.18. The third kappa shape index (κ3) is 3.86. The van der Waals surface area contributed by atoms with Crippen LogP contribution in [0, 0.1) is 6.92 Å². The number of benzene rings is 1. The van der Waals surface area contributed by atoms with Crippen molar-refractivity contribution in [3.8, 4) is 11.4 Å². The largest absolute Gasteiger partial charge is 0.465 e. The van der Waals surface area contributed by atoms with Crippen molar-refractivity contribution in [3.05, 3.63) is 40.9 Å². The summed E-state index contributed by atoms with van der Waals surface area (Å²) in [4.78, 5) is 29.3. The number of hydrogen-bond acceptors (Lipinski definition) is 8. The number of rotatable bonds is 5. The molecule has 0 radical (unpaired) electrons. The molecule has 0 fully saturated rings. The number of methoxy groups -OCH3 is 1. The van der Waals surface area contributed by atoms with Crippen molar-refractivity contribution < 1.29 is 14.3 Å². The van der Waals surface area contributed by atoms with Gasteiger partial charge in [0.05, 0.1) is 12.8 Å². The number of hydrogen-bond donors (Lipinski definition) is 1. The van der Waals surface area contributed by atoms with Gasteiger partial charge in [0, 0.05) is 5.56 Å². The molecule has 1 aromatic carbocycles. The predicted molar refractivity (Wildman–Crippen MR) is 90.1 cm³/mol. The van der Waals surface area contributed by atoms with Gasteiger partial charge in [0.15, 0.2) is 5.13 Å². The fraction of sp³-hybridized carbons (Fsp3) is 0.200. The molecule has 9 nitrogen and oxygen atoms in total. The highest BCUT2D eigenvalue weighted by Gasteiger charge is 2.17. The number of nitrogens with one attached hydrogen (secondary N) is 1. The van der Waals surface area contributed by atoms with Gasteiger partial charge in [0.2, 0.25) is 11.7 Å². The first-order chi connectivity index (χ1) is 12.1. The van der Waals surface area contributed by atoms with Crippen molar-refractivity contribution in [1.82, 2.24) is 25.2 Å². The SMILES string of the molecule is COC(=O)c1sc(NC(=O)Cn2nnc(-c3ccccc3)n2)nc1C. The molecule has 25 heavy (non-hydrogen) atoms. The molecule has 1 N–H and O–H groups in total. The topological polar surface area (TPSA) is 112 Å². The average molecular weight is 358 g/mol. The molecule has 0 aliphatic heterocycles. The van der Waals surface area contributed by atoms with E-state index in [-0.39, 0.29) is 12.5 Å². The van der Waals surface area contributed by atoms with Crippen LogP contribution in [-0.2, 0) is 16.1 Å². The molecule has 0 aliphatic rings. The predicted octanol–water partition coefficient (Wildman–Crippen LogP) is 1.53. The van der Waals surface area contributed by atoms with Gasteiger partial charge in [-0.25, -0.2) is 9.78 Å². The Morgan fingerprint density at radius 2 is 2.04 bits per heavy atom. The molecule has 2 aromatic heterocycles. The molecule has 1 amide bonds. The summed E-state index contributed by atoms with van der Waals surface area (Å²) in [7, 11) is 1.29. The lowest BCUT2D eigenvalue weighted by Gasteiger charge is -1.99. The van der Waals surface area contributed by atoms with Crippen LogP contribution in [0.25, 0.3) is 11.4 Å². The van der Waals surface area contributed by atoms with Crippen LogP contribution in [0.2, 0.25) is 0 Å². The van der Waals surface area contributed by atoms with E-state index in [1.807, 2.05) is 30.3 Å². The van der Waals surface area contributed by atoms with Crippen LogP contribution in [0.5, 0.6) is 0 Å². The third-order valence-corrected chi connectivity index (χ3v) is 4.24. The van der Waals surface area contributed by atoms with Gasteiger partial charge in [0.1, 0.15) is 11.4 Å². The summed E-state index contributed by atoms with van der Waals surface area (Å²) >= 11 is 1.05. The van der Waals surface area contributed by atoms with E-state index >= 15 is 0 Å². The van der Waals surface area contributed by atoms with E-state index in [9.17, 15) is 9.59 Å². The van der Waals surface area contributed by atoms with Gasteiger partial charge in [-0.2, -0.15) is 4.80 Å². The number of thiazole rings is 1. The zero-order valence-electron chi connectivity index (χ0n) is 13.5. The van der Waals surface area contributed by atoms with E-state index in [0.29, 0.717) is 21.5 Å². The Morgan fingerprint density at radius 3 is 2.76 bits per heavy atom. The first kappa shape index (κ1) is 16.7. The van der Waals surface area contributed by atoms with Gasteiger partial charge in [0.25, 0.3) is 0 Å². The number of esters is 1. The highest BCUT2D eigenvalue weighted by molar-refractivity contribution is 7.17. The maximum atomic E-state index is 12.1. The molecule has 0 aliphatic carbocycles. The van der Waals surface area contributed by atoms with E-state index < -0.39 is 5.97 Å². The summed E-state index contributed by atoms with van der Waals surface area (Å²) in [6.07, 6.45) is 0. The van der Waals surface area contributed by atoms with Crippen molar-refractivity contribution in [2.75, 3.05) is 12.4 Å². The highest BCUT2D eigenvalue weighted by Crippen LogP contribution is 2.23. The van der Waals surface area contributed by atoms with E-state index in [1.165, 1.54) is 11.9 Å². The molecule has 0 unspecified atom stereocenters. The number of carbonyl (C=O) groups excluding carboxylic acids is 2. The lowest BCUT2D eigenvalue weighted by molar-refractivity contribution is -0.117. The fourth-order valence-electron chi connectivity index (χ4n) is 2.03. The van der Waals surface area contributed by atoms with Gasteiger partial charge >= 0.3 is 5.97 Å². The smallest absolute Gasteiger partial charge is 0.350 e. The summed E-state index contributed by atoms with van der Waals surface area (Å²) in [6, 6.07) is 9.33. The molecule has 3 rings (SSSR count). The van der Waals surface area contributed by atoms with Crippen LogP contribution in [0.15, 0.2) is 30.3 Å². The second kappa shape index (κ2) is 7.18. The van der Waals surface area contributed by atoms with E-state index in [0.717, 1.165) is 16.9 Å². The number of tetrazole rings is 1. The average Bonchev–Trinajstić information content (AvgIpc) is 3.21. The van der Waals surface area contributed by atoms with E-state index in [1.54, 1.807) is 6.92 Å². The molecule has 0 bridgehead atoms. The molecule has 2 heterocycles. The number of ether oxygens (including phenoxy) is 1. The number of aryl methyl sites for hydroxylation is 1. The van der Waals surface area contributed by atoms with Gasteiger partial charge < -0.3 is 10.1 Å². The fourth-order valence-corrected chi connectivity index (χ4v) is 2.93. The number of anilines is 1. The van der Waals surface area contributed by atoms with Crippen molar-refractivity contribution in [3.63, 3.8) is 0 Å². The zero-order valence-corrected chi connectivity index (χ0v) is 14.3. The van der Waals surface area contributed by atoms with Crippen molar-refractivity contribution in [2.45, 2.75) is 13.5 Å². The molecule has 0 spiro atoms. The molecule has 0 saturated carbocycles. The van der Waals surface area contributed by atoms with Crippen LogP contribution in [-0.4, -0.2) is 44.2 Å². The van der Waals surface area contributed by atoms with E-state index in [4.69, 9.17) is 0 Å². The second-order valence-corrected chi connectivity index (χ2v) is 5.98. The molecule has 128 valence electrons. The Balaban J connectivity index is 1.65. The van der Waals surface area contributed by atoms with Gasteiger partial charge in [-0.1, -0.05) is 41.7 Å². The number of nitrogens with zero attached hydrogens (tertiary/aromatic N) is 5. The van der Waals surface area contributed by atoms with Crippen molar-refractivity contribution in [2.24, 2.45) is 0 Å². The zero-order chi connectivity index (χ0) is 17.8. The van der Waals surface area contributed by atoms with Crippen LogP contribution < -0.4 is 5.32 Å². The standard InChI is InChI=1S/C15H14N6O3S/c1-9-12(14(23)24-2)25-15(16-9)17-11(22)8-21-19-13(18-20-21)10-6-4-3-5-7-10/h3-7H,8H2,1-2H3,(H,16,17,22). The summed E-state index contributed by atoms with van der Waals surface area (Å²) in [5, 5.41) is 14.9. The molecular weight excluding hydrogens is 344 g/mol. The van der Waals surface area contributed by atoms with Crippen LogP contribution in [0.4, 0.5) is 5.13 Å². The van der Waals surface area contributed by atoms with Crippen molar-refractivity contribution in [1.29, 1.82) is 0 Å². The lowest BCUT2D eigenvalue weighted by atomic mass is 10.2. The normalized spacial score (nSPS) is 10.5. The monoisotopic (exact) mass is 358 g/mol. The lowest BCUT2D eigenvalue weighted by Crippen LogP contribution is -2.20. The molecule has 0 atom stereocenters. The Kier molecular flexibility index (Phi) is 4.80. The summed E-state index contributed by atoms with van der Waals surface area (Å²) < 4.78 is 4.66. The van der Waals surface area contributed by atoms with E-state index in [2.05, 4.69) is 30.4 Å². The van der Waals surface area contributed by atoms with Gasteiger partial charge in [-0.3, -0.25) is 4.79 Å². The highest BCUT2D eigenvalue weighted by atomic mass is 32.1. The van der Waals surface area contributed by atoms with Gasteiger partial charge in [-0.05, 0) is 12.1 Å². The number of aromatic nitrogens is 5. The molecule has 10 heteroatoms. The Bertz CT molecular complexity index is 905. The first-order valence-corrected chi connectivity index (χ1v) is 8.07. The summed E-state index contributed by atoms with van der Waals surface area (Å²) in [6.45, 7) is 1.55. The van der Waals surface area contributed by atoms with Crippen LogP contribution >= 0.6 is 11.3 Å². The quantitative estimate of drug-likeness (QED) is 0.688. The Morgan fingerprint density at radius 1 is 1.28 bits per heavy atom. The summed E-state index contributed by atoms with van der Waals surface area (Å²) in [5.41, 5.74) is 1.31. The second-order valence-electron chi connectivity index (χ2n) is 4.98. The first-order valence-electron chi connectivity index (χ1n) is 7.25. The molecule has 3 aromatic rings. The molecule has 0 saturated heterocycles. The maximum absolute atomic E-state index is 12.1. The minimum absolute atomic E-state index is 0.119. The van der Waals surface area contributed by atoms with Crippen LogP contribution in [0.3, 0.4) is 0 Å². The minimum Gasteiger partial charge on any atom is -0.465 e. The van der Waals surface area contributed by atoms with Crippen LogP contribution in [0.1, 0.15) is 15.4 Å².